The second-order valence-corrected chi connectivity index (χ2v) is 7.77. The molecule has 1 N–H and O–H groups in total. The first-order valence-corrected chi connectivity index (χ1v) is 10.1. The number of ether oxygens (including phenoxy) is 1. The number of benzene rings is 1. The second kappa shape index (κ2) is 8.59. The van der Waals surface area contributed by atoms with E-state index in [0.717, 1.165) is 44.7 Å². The highest BCUT2D eigenvalue weighted by Gasteiger charge is 2.25. The molecule has 6 nitrogen and oxygen atoms in total. The highest BCUT2D eigenvalue weighted by Crippen LogP contribution is 2.29. The summed E-state index contributed by atoms with van der Waals surface area (Å²) in [5, 5.41) is 0.450. The third kappa shape index (κ3) is 4.37. The van der Waals surface area contributed by atoms with Crippen LogP contribution < -0.4 is 10.5 Å². The third-order valence-corrected chi connectivity index (χ3v) is 5.78. The summed E-state index contributed by atoms with van der Waals surface area (Å²) >= 11 is 6.19. The molecular weight excluding hydrogens is 383 g/mol. The van der Waals surface area contributed by atoms with Crippen molar-refractivity contribution in [3.8, 4) is 0 Å². The van der Waals surface area contributed by atoms with Crippen LogP contribution in [0.25, 0.3) is 0 Å². The van der Waals surface area contributed by atoms with Crippen LogP contribution in [-0.4, -0.2) is 54.3 Å². The van der Waals surface area contributed by atoms with Crippen LogP contribution in [-0.2, 0) is 11.3 Å². The van der Waals surface area contributed by atoms with Crippen LogP contribution in [0.2, 0.25) is 5.02 Å². The van der Waals surface area contributed by atoms with Gasteiger partial charge >= 0.3 is 0 Å². The second-order valence-electron chi connectivity index (χ2n) is 7.37. The van der Waals surface area contributed by atoms with Crippen molar-refractivity contribution in [1.29, 1.82) is 0 Å². The molecule has 0 spiro atoms. The van der Waals surface area contributed by atoms with Gasteiger partial charge < -0.3 is 9.64 Å². The normalized spacial score (nSPS) is 21.1. The number of anilines is 1. The molecule has 0 radical (unpaired) electrons. The summed E-state index contributed by atoms with van der Waals surface area (Å²) < 4.78 is 19.5. The minimum Gasteiger partial charge on any atom is -0.378 e. The first-order chi connectivity index (χ1) is 13.6. The molecule has 3 heterocycles. The van der Waals surface area contributed by atoms with Gasteiger partial charge in [-0.2, -0.15) is 0 Å². The van der Waals surface area contributed by atoms with Crippen LogP contribution in [0.15, 0.2) is 29.1 Å². The van der Waals surface area contributed by atoms with Crippen LogP contribution >= 0.6 is 11.6 Å². The Labute approximate surface area is 168 Å². The number of piperidine rings is 1. The number of morpholine rings is 1. The molecule has 8 heteroatoms. The summed E-state index contributed by atoms with van der Waals surface area (Å²) in [7, 11) is 0. The lowest BCUT2D eigenvalue weighted by atomic mass is 9.94. The Morgan fingerprint density at radius 1 is 1.29 bits per heavy atom. The minimum atomic E-state index is -0.279. The number of halogens is 2. The van der Waals surface area contributed by atoms with E-state index in [4.69, 9.17) is 21.3 Å². The van der Waals surface area contributed by atoms with E-state index >= 15 is 0 Å². The predicted molar refractivity (Wildman–Crippen MR) is 107 cm³/mol. The number of hydrogen-bond acceptors (Lipinski definition) is 5. The van der Waals surface area contributed by atoms with Crippen LogP contribution in [0.4, 0.5) is 10.3 Å². The van der Waals surface area contributed by atoms with E-state index in [-0.39, 0.29) is 17.3 Å². The van der Waals surface area contributed by atoms with Crippen molar-refractivity contribution < 1.29 is 9.13 Å². The summed E-state index contributed by atoms with van der Waals surface area (Å²) in [4.78, 5) is 24.1. The standard InChI is InChI=1S/C20H24ClFN4O2/c21-16-4-1-5-17(22)15(16)13-25-6-2-3-14(12-25)18-11-19(27)24-20(23-18)26-7-9-28-10-8-26/h1,4-5,11,14H,2-3,6-10,12-13H2,(H,23,24,27). The highest BCUT2D eigenvalue weighted by molar-refractivity contribution is 6.31. The van der Waals surface area contributed by atoms with Crippen molar-refractivity contribution in [1.82, 2.24) is 14.9 Å². The number of nitrogens with one attached hydrogen (secondary N) is 1. The molecule has 4 rings (SSSR count). The number of hydrogen-bond donors (Lipinski definition) is 1. The molecule has 1 aromatic heterocycles. The summed E-state index contributed by atoms with van der Waals surface area (Å²) in [6.45, 7) is 4.76. The maximum absolute atomic E-state index is 14.2. The number of likely N-dealkylation sites (tertiary alicyclic amines) is 1. The molecule has 2 aliphatic heterocycles. The van der Waals surface area contributed by atoms with Gasteiger partial charge in [-0.3, -0.25) is 14.7 Å². The van der Waals surface area contributed by atoms with Gasteiger partial charge in [-0.15, -0.1) is 0 Å². The van der Waals surface area contributed by atoms with Crippen molar-refractivity contribution in [2.45, 2.75) is 25.3 Å². The first kappa shape index (κ1) is 19.4. The van der Waals surface area contributed by atoms with E-state index in [2.05, 4.69) is 9.88 Å². The predicted octanol–water partition coefficient (Wildman–Crippen LogP) is 2.78. The molecule has 1 atom stereocenters. The largest absolute Gasteiger partial charge is 0.378 e. The zero-order chi connectivity index (χ0) is 19.5. The molecule has 28 heavy (non-hydrogen) atoms. The number of aromatic nitrogens is 2. The summed E-state index contributed by atoms with van der Waals surface area (Å²) in [5.74, 6) is 0.472. The van der Waals surface area contributed by atoms with Crippen LogP contribution in [0.1, 0.15) is 30.0 Å². The van der Waals surface area contributed by atoms with Crippen molar-refractivity contribution in [3.05, 3.63) is 56.7 Å². The smallest absolute Gasteiger partial charge is 0.252 e. The number of rotatable bonds is 4. The van der Waals surface area contributed by atoms with Crippen molar-refractivity contribution >= 4 is 17.5 Å². The highest BCUT2D eigenvalue weighted by atomic mass is 35.5. The van der Waals surface area contributed by atoms with E-state index in [1.807, 2.05) is 4.90 Å². The fourth-order valence-electron chi connectivity index (χ4n) is 3.94. The van der Waals surface area contributed by atoms with Gasteiger partial charge in [-0.05, 0) is 31.5 Å². The molecule has 2 fully saturated rings. The molecule has 0 saturated carbocycles. The molecule has 0 bridgehead atoms. The Morgan fingerprint density at radius 3 is 2.89 bits per heavy atom. The van der Waals surface area contributed by atoms with E-state index in [1.54, 1.807) is 18.2 Å². The molecule has 2 aliphatic rings. The summed E-state index contributed by atoms with van der Waals surface area (Å²) in [6.07, 6.45) is 1.93. The van der Waals surface area contributed by atoms with Gasteiger partial charge in [0, 0.05) is 48.7 Å². The molecule has 1 aromatic carbocycles. The van der Waals surface area contributed by atoms with Crippen LogP contribution in [0.5, 0.6) is 0 Å². The Balaban J connectivity index is 1.51. The molecule has 2 aromatic rings. The van der Waals surface area contributed by atoms with Gasteiger partial charge in [0.25, 0.3) is 5.56 Å². The van der Waals surface area contributed by atoms with Gasteiger partial charge in [-0.1, -0.05) is 17.7 Å². The van der Waals surface area contributed by atoms with Gasteiger partial charge in [0.15, 0.2) is 0 Å². The zero-order valence-electron chi connectivity index (χ0n) is 15.7. The van der Waals surface area contributed by atoms with E-state index < -0.39 is 0 Å². The first-order valence-electron chi connectivity index (χ1n) is 9.69. The Hall–Kier alpha value is -1.96. The molecule has 150 valence electrons. The maximum atomic E-state index is 14.2. The van der Waals surface area contributed by atoms with Gasteiger partial charge in [0.2, 0.25) is 5.95 Å². The van der Waals surface area contributed by atoms with Gasteiger partial charge in [0.1, 0.15) is 5.82 Å². The van der Waals surface area contributed by atoms with Gasteiger partial charge in [-0.25, -0.2) is 9.37 Å². The average Bonchev–Trinajstić information content (AvgIpc) is 2.71. The van der Waals surface area contributed by atoms with Crippen molar-refractivity contribution in [2.24, 2.45) is 0 Å². The Morgan fingerprint density at radius 2 is 2.11 bits per heavy atom. The van der Waals surface area contributed by atoms with E-state index in [1.165, 1.54) is 6.07 Å². The van der Waals surface area contributed by atoms with Crippen LogP contribution in [0, 0.1) is 5.82 Å². The number of nitrogens with zero attached hydrogens (tertiary/aromatic N) is 3. The number of aromatic amines is 1. The molecular formula is C20H24ClFN4O2. The topological polar surface area (TPSA) is 61.5 Å². The summed E-state index contributed by atoms with van der Waals surface area (Å²) in [6, 6.07) is 6.37. The van der Waals surface area contributed by atoms with Crippen LogP contribution in [0.3, 0.4) is 0 Å². The molecule has 1 unspecified atom stereocenters. The van der Waals surface area contributed by atoms with Crippen molar-refractivity contribution in [2.75, 3.05) is 44.3 Å². The Bertz CT molecular complexity index is 864. The lowest BCUT2D eigenvalue weighted by Gasteiger charge is -2.33. The minimum absolute atomic E-state index is 0.138. The van der Waals surface area contributed by atoms with E-state index in [9.17, 15) is 9.18 Å². The lowest BCUT2D eigenvalue weighted by molar-refractivity contribution is 0.122. The molecule has 0 amide bonds. The molecule has 2 saturated heterocycles. The summed E-state index contributed by atoms with van der Waals surface area (Å²) in [5.41, 5.74) is 1.19. The lowest BCUT2D eigenvalue weighted by Crippen LogP contribution is -2.39. The fourth-order valence-corrected chi connectivity index (χ4v) is 4.17. The fraction of sp³-hybridized carbons (Fsp3) is 0.500. The van der Waals surface area contributed by atoms with E-state index in [0.29, 0.717) is 36.3 Å². The third-order valence-electron chi connectivity index (χ3n) is 5.43. The average molecular weight is 407 g/mol. The Kier molecular flexibility index (Phi) is 5.94. The maximum Gasteiger partial charge on any atom is 0.252 e. The van der Waals surface area contributed by atoms with Crippen molar-refractivity contribution in [3.63, 3.8) is 0 Å². The zero-order valence-corrected chi connectivity index (χ0v) is 16.4. The monoisotopic (exact) mass is 406 g/mol. The quantitative estimate of drug-likeness (QED) is 0.846. The van der Waals surface area contributed by atoms with Gasteiger partial charge in [0.05, 0.1) is 18.9 Å². The number of H-pyrrole nitrogens is 1. The molecule has 0 aliphatic carbocycles. The SMILES string of the molecule is O=c1cc(C2CCCN(Cc3c(F)cccc3Cl)C2)nc(N2CCOCC2)[nH]1.